The third-order valence-electron chi connectivity index (χ3n) is 5.22. The van der Waals surface area contributed by atoms with E-state index in [4.69, 9.17) is 10.5 Å². The van der Waals surface area contributed by atoms with Gasteiger partial charge in [0.15, 0.2) is 0 Å². The molecule has 0 unspecified atom stereocenters. The third kappa shape index (κ3) is 3.34. The summed E-state index contributed by atoms with van der Waals surface area (Å²) in [5, 5.41) is 0. The standard InChI is InChI=1S/C18H26FN3O2/c1-24-16-13-14(19)5-6-15(16)21-9-11-22(12-10-21)17(23)18(20)7-3-2-4-8-18/h5-6,13H,2-4,7-12,20H2,1H3. The van der Waals surface area contributed by atoms with E-state index in [-0.39, 0.29) is 11.7 Å². The lowest BCUT2D eigenvalue weighted by Crippen LogP contribution is -2.60. The molecule has 1 aromatic carbocycles. The van der Waals surface area contributed by atoms with E-state index in [1.54, 1.807) is 13.2 Å². The Balaban J connectivity index is 1.64. The lowest BCUT2D eigenvalue weighted by Gasteiger charge is -2.41. The Hall–Kier alpha value is -1.82. The highest BCUT2D eigenvalue weighted by Crippen LogP contribution is 2.31. The average molecular weight is 335 g/mol. The van der Waals surface area contributed by atoms with Gasteiger partial charge in [-0.05, 0) is 25.0 Å². The lowest BCUT2D eigenvalue weighted by atomic mass is 9.81. The van der Waals surface area contributed by atoms with Crippen molar-refractivity contribution in [2.45, 2.75) is 37.6 Å². The molecule has 2 N–H and O–H groups in total. The second-order valence-electron chi connectivity index (χ2n) is 6.81. The fourth-order valence-corrected chi connectivity index (χ4v) is 3.77. The highest BCUT2D eigenvalue weighted by molar-refractivity contribution is 5.86. The van der Waals surface area contributed by atoms with E-state index in [1.165, 1.54) is 18.6 Å². The molecule has 2 aliphatic rings. The molecule has 6 heteroatoms. The maximum Gasteiger partial charge on any atom is 0.242 e. The van der Waals surface area contributed by atoms with Crippen LogP contribution in [0.2, 0.25) is 0 Å². The molecule has 0 bridgehead atoms. The van der Waals surface area contributed by atoms with Gasteiger partial charge in [-0.1, -0.05) is 19.3 Å². The van der Waals surface area contributed by atoms with Gasteiger partial charge >= 0.3 is 0 Å². The summed E-state index contributed by atoms with van der Waals surface area (Å²) in [5.74, 6) is 0.303. The normalized spacial score (nSPS) is 20.8. The number of hydrogen-bond acceptors (Lipinski definition) is 4. The van der Waals surface area contributed by atoms with Crippen LogP contribution in [0.25, 0.3) is 0 Å². The van der Waals surface area contributed by atoms with Crippen LogP contribution in [-0.2, 0) is 4.79 Å². The van der Waals surface area contributed by atoms with Gasteiger partial charge in [-0.15, -0.1) is 0 Å². The number of piperazine rings is 1. The van der Waals surface area contributed by atoms with Crippen molar-refractivity contribution < 1.29 is 13.9 Å². The smallest absolute Gasteiger partial charge is 0.242 e. The van der Waals surface area contributed by atoms with Crippen LogP contribution in [0.1, 0.15) is 32.1 Å². The monoisotopic (exact) mass is 335 g/mol. The van der Waals surface area contributed by atoms with Gasteiger partial charge in [-0.25, -0.2) is 4.39 Å². The van der Waals surface area contributed by atoms with Crippen LogP contribution in [0.5, 0.6) is 5.75 Å². The topological polar surface area (TPSA) is 58.8 Å². The third-order valence-corrected chi connectivity index (χ3v) is 5.22. The van der Waals surface area contributed by atoms with E-state index in [0.29, 0.717) is 31.9 Å². The number of carbonyl (C=O) groups is 1. The number of rotatable bonds is 3. The average Bonchev–Trinajstić information content (AvgIpc) is 2.62. The van der Waals surface area contributed by atoms with Crippen LogP contribution in [-0.4, -0.2) is 49.6 Å². The Morgan fingerprint density at radius 1 is 1.17 bits per heavy atom. The van der Waals surface area contributed by atoms with Gasteiger partial charge < -0.3 is 20.3 Å². The molecule has 1 aromatic rings. The van der Waals surface area contributed by atoms with Crippen LogP contribution in [0.4, 0.5) is 10.1 Å². The van der Waals surface area contributed by atoms with Crippen molar-refractivity contribution in [1.29, 1.82) is 0 Å². The van der Waals surface area contributed by atoms with Crippen molar-refractivity contribution in [2.24, 2.45) is 5.73 Å². The number of halogens is 1. The lowest BCUT2D eigenvalue weighted by molar-refractivity contribution is -0.138. The fourth-order valence-electron chi connectivity index (χ4n) is 3.77. The first-order chi connectivity index (χ1) is 11.5. The van der Waals surface area contributed by atoms with Gasteiger partial charge in [-0.2, -0.15) is 0 Å². The Morgan fingerprint density at radius 2 is 1.83 bits per heavy atom. The van der Waals surface area contributed by atoms with Gasteiger partial charge in [0.05, 0.1) is 18.3 Å². The first-order valence-electron chi connectivity index (χ1n) is 8.70. The van der Waals surface area contributed by atoms with Crippen molar-refractivity contribution in [3.8, 4) is 5.75 Å². The predicted octanol–water partition coefficient (Wildman–Crippen LogP) is 2.14. The molecule has 0 spiro atoms. The molecular weight excluding hydrogens is 309 g/mol. The van der Waals surface area contributed by atoms with Crippen LogP contribution in [0, 0.1) is 5.82 Å². The number of carbonyl (C=O) groups excluding carboxylic acids is 1. The van der Waals surface area contributed by atoms with Crippen molar-refractivity contribution >= 4 is 11.6 Å². The Morgan fingerprint density at radius 3 is 2.46 bits per heavy atom. The van der Waals surface area contributed by atoms with Crippen LogP contribution in [0.3, 0.4) is 0 Å². The zero-order valence-electron chi connectivity index (χ0n) is 14.3. The van der Waals surface area contributed by atoms with Gasteiger partial charge in [0, 0.05) is 32.2 Å². The molecule has 1 heterocycles. The minimum absolute atomic E-state index is 0.0907. The summed E-state index contributed by atoms with van der Waals surface area (Å²) < 4.78 is 18.6. The molecular formula is C18H26FN3O2. The van der Waals surface area contributed by atoms with E-state index < -0.39 is 5.54 Å². The second-order valence-corrected chi connectivity index (χ2v) is 6.81. The maximum absolute atomic E-state index is 13.4. The Labute approximate surface area is 142 Å². The van der Waals surface area contributed by atoms with Crippen LogP contribution < -0.4 is 15.4 Å². The minimum atomic E-state index is -0.673. The quantitative estimate of drug-likeness (QED) is 0.919. The first-order valence-corrected chi connectivity index (χ1v) is 8.70. The largest absolute Gasteiger partial charge is 0.494 e. The predicted molar refractivity (Wildman–Crippen MR) is 91.7 cm³/mol. The zero-order chi connectivity index (χ0) is 17.2. The molecule has 24 heavy (non-hydrogen) atoms. The summed E-state index contributed by atoms with van der Waals surface area (Å²) in [6, 6.07) is 4.56. The summed E-state index contributed by atoms with van der Waals surface area (Å²) in [4.78, 5) is 16.8. The Bertz CT molecular complexity index is 594. The first kappa shape index (κ1) is 17.0. The zero-order valence-corrected chi connectivity index (χ0v) is 14.3. The SMILES string of the molecule is COc1cc(F)ccc1N1CCN(C(=O)C2(N)CCCCC2)CC1. The number of anilines is 1. The molecule has 1 aliphatic heterocycles. The molecule has 1 saturated carbocycles. The van der Waals surface area contributed by atoms with Crippen LogP contribution in [0.15, 0.2) is 18.2 Å². The number of benzene rings is 1. The minimum Gasteiger partial charge on any atom is -0.494 e. The fraction of sp³-hybridized carbons (Fsp3) is 0.611. The van der Waals surface area contributed by atoms with Crippen molar-refractivity contribution in [3.05, 3.63) is 24.0 Å². The van der Waals surface area contributed by atoms with E-state index in [9.17, 15) is 9.18 Å². The molecule has 0 radical (unpaired) electrons. The second kappa shape index (κ2) is 6.97. The van der Waals surface area contributed by atoms with Gasteiger partial charge in [-0.3, -0.25) is 4.79 Å². The molecule has 3 rings (SSSR count). The van der Waals surface area contributed by atoms with Crippen molar-refractivity contribution in [2.75, 3.05) is 38.2 Å². The number of ether oxygens (including phenoxy) is 1. The van der Waals surface area contributed by atoms with Crippen LogP contribution >= 0.6 is 0 Å². The maximum atomic E-state index is 13.4. The highest BCUT2D eigenvalue weighted by Gasteiger charge is 2.39. The van der Waals surface area contributed by atoms with E-state index in [1.807, 2.05) is 4.90 Å². The van der Waals surface area contributed by atoms with Crippen molar-refractivity contribution in [3.63, 3.8) is 0 Å². The molecule has 5 nitrogen and oxygen atoms in total. The highest BCUT2D eigenvalue weighted by atomic mass is 19.1. The summed E-state index contributed by atoms with van der Waals surface area (Å²) in [7, 11) is 1.54. The number of nitrogens with two attached hydrogens (primary N) is 1. The number of hydrogen-bond donors (Lipinski definition) is 1. The number of methoxy groups -OCH3 is 1. The molecule has 132 valence electrons. The van der Waals surface area contributed by atoms with Gasteiger partial charge in [0.25, 0.3) is 0 Å². The molecule has 0 aromatic heterocycles. The summed E-state index contributed by atoms with van der Waals surface area (Å²) in [6.07, 6.45) is 4.82. The number of nitrogens with zero attached hydrogens (tertiary/aromatic N) is 2. The Kier molecular flexibility index (Phi) is 4.94. The van der Waals surface area contributed by atoms with E-state index in [0.717, 1.165) is 31.4 Å². The molecule has 1 saturated heterocycles. The molecule has 1 aliphatic carbocycles. The van der Waals surface area contributed by atoms with Crippen molar-refractivity contribution in [1.82, 2.24) is 4.90 Å². The van der Waals surface area contributed by atoms with E-state index >= 15 is 0 Å². The molecule has 1 amide bonds. The number of amides is 1. The molecule has 0 atom stereocenters. The van der Waals surface area contributed by atoms with Gasteiger partial charge in [0.2, 0.25) is 5.91 Å². The summed E-state index contributed by atoms with van der Waals surface area (Å²) in [5.41, 5.74) is 6.57. The summed E-state index contributed by atoms with van der Waals surface area (Å²) >= 11 is 0. The van der Waals surface area contributed by atoms with Gasteiger partial charge in [0.1, 0.15) is 11.6 Å². The summed E-state index contributed by atoms with van der Waals surface area (Å²) in [6.45, 7) is 2.67. The van der Waals surface area contributed by atoms with E-state index in [2.05, 4.69) is 4.90 Å². The molecule has 2 fully saturated rings.